The predicted octanol–water partition coefficient (Wildman–Crippen LogP) is 3.81. The molecule has 1 amide bonds. The highest BCUT2D eigenvalue weighted by Crippen LogP contribution is 2.39. The summed E-state index contributed by atoms with van der Waals surface area (Å²) >= 11 is 12.1. The van der Waals surface area contributed by atoms with E-state index < -0.39 is 24.1 Å². The smallest absolute Gasteiger partial charge is 0.406 e. The zero-order chi connectivity index (χ0) is 18.4. The van der Waals surface area contributed by atoms with Gasteiger partial charge in [-0.15, -0.1) is 13.2 Å². The number of hydrogen-bond donors (Lipinski definition) is 1. The van der Waals surface area contributed by atoms with Crippen molar-refractivity contribution in [1.29, 1.82) is 0 Å². The zero-order valence-electron chi connectivity index (χ0n) is 13.0. The third-order valence-electron chi connectivity index (χ3n) is 4.73. The molecule has 2 heterocycles. The van der Waals surface area contributed by atoms with E-state index in [1.54, 1.807) is 4.90 Å². The lowest BCUT2D eigenvalue weighted by Gasteiger charge is -2.30. The van der Waals surface area contributed by atoms with Gasteiger partial charge in [0.2, 0.25) is 5.91 Å². The van der Waals surface area contributed by atoms with E-state index in [0.717, 1.165) is 31.4 Å². The van der Waals surface area contributed by atoms with E-state index in [9.17, 15) is 23.1 Å². The largest absolute Gasteiger partial charge is 0.573 e. The van der Waals surface area contributed by atoms with Gasteiger partial charge in [0, 0.05) is 16.6 Å². The first-order valence-corrected chi connectivity index (χ1v) is 8.65. The number of alkyl halides is 3. The van der Waals surface area contributed by atoms with Crippen molar-refractivity contribution in [3.05, 3.63) is 27.7 Å². The zero-order valence-corrected chi connectivity index (χ0v) is 14.5. The molecule has 2 saturated heterocycles. The van der Waals surface area contributed by atoms with E-state index >= 15 is 0 Å². The third kappa shape index (κ3) is 3.83. The van der Waals surface area contributed by atoms with Crippen LogP contribution in [0.4, 0.5) is 13.2 Å². The van der Waals surface area contributed by atoms with E-state index in [1.807, 2.05) is 0 Å². The number of nitrogens with zero attached hydrogens (tertiary/aromatic N) is 1. The number of hydrogen-bond acceptors (Lipinski definition) is 3. The van der Waals surface area contributed by atoms with E-state index in [-0.39, 0.29) is 28.4 Å². The van der Waals surface area contributed by atoms with Gasteiger partial charge in [0.05, 0.1) is 18.1 Å². The van der Waals surface area contributed by atoms with Crippen LogP contribution >= 0.6 is 23.2 Å². The molecule has 0 spiro atoms. The summed E-state index contributed by atoms with van der Waals surface area (Å²) in [5.74, 6) is -1.39. The van der Waals surface area contributed by atoms with Crippen molar-refractivity contribution in [3.8, 4) is 5.75 Å². The summed E-state index contributed by atoms with van der Waals surface area (Å²) < 4.78 is 40.8. The molecule has 0 aliphatic carbocycles. The lowest BCUT2D eigenvalue weighted by Crippen LogP contribution is -2.40. The maximum absolute atomic E-state index is 12.5. The first-order valence-electron chi connectivity index (χ1n) is 7.89. The van der Waals surface area contributed by atoms with Crippen molar-refractivity contribution in [2.24, 2.45) is 5.92 Å². The van der Waals surface area contributed by atoms with Crippen LogP contribution in [-0.2, 0) is 11.2 Å². The minimum Gasteiger partial charge on any atom is -0.406 e. The molecular formula is C16H16Cl2F3NO3. The summed E-state index contributed by atoms with van der Waals surface area (Å²) in [4.78, 5) is 14.2. The highest BCUT2D eigenvalue weighted by atomic mass is 35.5. The maximum Gasteiger partial charge on any atom is 0.573 e. The van der Waals surface area contributed by atoms with Gasteiger partial charge in [0.25, 0.3) is 0 Å². The van der Waals surface area contributed by atoms with Crippen LogP contribution in [0.5, 0.6) is 5.75 Å². The van der Waals surface area contributed by atoms with Gasteiger partial charge < -0.3 is 14.7 Å². The van der Waals surface area contributed by atoms with E-state index in [2.05, 4.69) is 4.74 Å². The second-order valence-corrected chi connectivity index (χ2v) is 7.12. The Kier molecular flexibility index (Phi) is 5.10. The Labute approximate surface area is 152 Å². The number of carbonyl (C=O) groups is 1. The Balaban J connectivity index is 1.82. The first-order chi connectivity index (χ1) is 11.7. The fourth-order valence-electron chi connectivity index (χ4n) is 3.61. The van der Waals surface area contributed by atoms with Crippen LogP contribution in [-0.4, -0.2) is 41.0 Å². The molecule has 0 aromatic heterocycles. The highest BCUT2D eigenvalue weighted by molar-refractivity contribution is 6.36. The number of amides is 1. The fourth-order valence-corrected chi connectivity index (χ4v) is 4.23. The molecule has 138 valence electrons. The summed E-state index contributed by atoms with van der Waals surface area (Å²) in [6.07, 6.45) is -3.05. The number of carbonyl (C=O) groups excluding carboxylic acids is 1. The van der Waals surface area contributed by atoms with Crippen molar-refractivity contribution in [2.45, 2.75) is 44.2 Å². The maximum atomic E-state index is 12.5. The van der Waals surface area contributed by atoms with E-state index in [1.165, 1.54) is 0 Å². The van der Waals surface area contributed by atoms with Gasteiger partial charge in [0.1, 0.15) is 5.75 Å². The molecule has 9 heteroatoms. The molecule has 3 atom stereocenters. The number of rotatable bonds is 3. The number of benzene rings is 1. The minimum absolute atomic E-state index is 0.0309. The lowest BCUT2D eigenvalue weighted by molar-refractivity contribution is -0.274. The Hall–Kier alpha value is -1.18. The van der Waals surface area contributed by atoms with Crippen LogP contribution in [0.15, 0.2) is 12.1 Å². The minimum atomic E-state index is -4.85. The summed E-state index contributed by atoms with van der Waals surface area (Å²) in [6.45, 7) is 0.608. The SMILES string of the molecule is O=C1C(Cc2c(Cl)cc(OC(F)(F)F)cc2Cl)C(O)C2CCCCN12. The molecule has 2 fully saturated rings. The summed E-state index contributed by atoms with van der Waals surface area (Å²) in [6, 6.07) is 1.81. The average molecular weight is 398 g/mol. The van der Waals surface area contributed by atoms with Crippen LogP contribution in [0.25, 0.3) is 0 Å². The standard InChI is InChI=1S/C16H16Cl2F3NO3/c17-11-5-8(25-16(19,20)21)6-12(18)9(11)7-10-14(23)13-3-1-2-4-22(13)15(10)24/h5-6,10,13-14,23H,1-4,7H2. The number of aliphatic hydroxyl groups is 1. The number of piperidine rings is 1. The van der Waals surface area contributed by atoms with Crippen LogP contribution in [0.1, 0.15) is 24.8 Å². The van der Waals surface area contributed by atoms with Crippen molar-refractivity contribution >= 4 is 29.1 Å². The third-order valence-corrected chi connectivity index (χ3v) is 5.40. The summed E-state index contributed by atoms with van der Waals surface area (Å²) in [7, 11) is 0. The Morgan fingerprint density at radius 2 is 1.88 bits per heavy atom. The van der Waals surface area contributed by atoms with Gasteiger partial charge in [-0.25, -0.2) is 0 Å². The Morgan fingerprint density at radius 3 is 2.44 bits per heavy atom. The van der Waals surface area contributed by atoms with Gasteiger partial charge in [0.15, 0.2) is 0 Å². The van der Waals surface area contributed by atoms with Crippen LogP contribution in [0, 0.1) is 5.92 Å². The highest BCUT2D eigenvalue weighted by Gasteiger charge is 2.47. The molecule has 25 heavy (non-hydrogen) atoms. The van der Waals surface area contributed by atoms with Crippen LogP contribution in [0.2, 0.25) is 10.0 Å². The van der Waals surface area contributed by atoms with Gasteiger partial charge in [-0.05, 0) is 43.4 Å². The topological polar surface area (TPSA) is 49.8 Å². The molecule has 2 aliphatic heterocycles. The fraction of sp³-hybridized carbons (Fsp3) is 0.562. The molecule has 1 aromatic carbocycles. The van der Waals surface area contributed by atoms with E-state index in [0.29, 0.717) is 12.1 Å². The normalized spacial score (nSPS) is 26.7. The molecule has 0 bridgehead atoms. The Bertz CT molecular complexity index is 660. The Morgan fingerprint density at radius 1 is 1.24 bits per heavy atom. The molecule has 1 aromatic rings. The quantitative estimate of drug-likeness (QED) is 0.843. The molecule has 3 unspecified atom stereocenters. The van der Waals surface area contributed by atoms with Gasteiger partial charge >= 0.3 is 6.36 Å². The van der Waals surface area contributed by atoms with Crippen LogP contribution < -0.4 is 4.74 Å². The molecule has 2 aliphatic rings. The molecule has 0 saturated carbocycles. The molecular weight excluding hydrogens is 382 g/mol. The van der Waals surface area contributed by atoms with Gasteiger partial charge in [-0.2, -0.15) is 0 Å². The number of aliphatic hydroxyl groups excluding tert-OH is 1. The molecule has 4 nitrogen and oxygen atoms in total. The van der Waals surface area contributed by atoms with Gasteiger partial charge in [-0.3, -0.25) is 4.79 Å². The second kappa shape index (κ2) is 6.85. The number of ether oxygens (including phenoxy) is 1. The second-order valence-electron chi connectivity index (χ2n) is 6.31. The van der Waals surface area contributed by atoms with Crippen molar-refractivity contribution in [3.63, 3.8) is 0 Å². The number of fused-ring (bicyclic) bond motifs is 1. The summed E-state index contributed by atoms with van der Waals surface area (Å²) in [5.41, 5.74) is 0.329. The van der Waals surface area contributed by atoms with Crippen molar-refractivity contribution in [1.82, 2.24) is 4.90 Å². The van der Waals surface area contributed by atoms with E-state index in [4.69, 9.17) is 23.2 Å². The van der Waals surface area contributed by atoms with Gasteiger partial charge in [-0.1, -0.05) is 23.2 Å². The molecule has 1 N–H and O–H groups in total. The first kappa shape index (κ1) is 18.6. The average Bonchev–Trinajstić information content (AvgIpc) is 2.74. The van der Waals surface area contributed by atoms with Crippen molar-refractivity contribution < 1.29 is 27.8 Å². The monoisotopic (exact) mass is 397 g/mol. The van der Waals surface area contributed by atoms with Crippen LogP contribution in [0.3, 0.4) is 0 Å². The summed E-state index contributed by atoms with van der Waals surface area (Å²) in [5, 5.41) is 10.4. The predicted molar refractivity (Wildman–Crippen MR) is 85.7 cm³/mol. The lowest BCUT2D eigenvalue weighted by atomic mass is 9.91. The van der Waals surface area contributed by atoms with Crippen molar-refractivity contribution in [2.75, 3.05) is 6.54 Å². The number of halogens is 5. The molecule has 0 radical (unpaired) electrons. The molecule has 3 rings (SSSR count).